The van der Waals surface area contributed by atoms with Crippen molar-refractivity contribution in [3.05, 3.63) is 68.7 Å². The summed E-state index contributed by atoms with van der Waals surface area (Å²) >= 11 is 9.53. The summed E-state index contributed by atoms with van der Waals surface area (Å²) in [7, 11) is 0. The minimum Gasteiger partial charge on any atom is -0.388 e. The Morgan fingerprint density at radius 1 is 1.15 bits per heavy atom. The van der Waals surface area contributed by atoms with Crippen LogP contribution in [0.25, 0.3) is 0 Å². The Hall–Kier alpha value is -0.870. The van der Waals surface area contributed by atoms with Gasteiger partial charge in [-0.3, -0.25) is 0 Å². The highest BCUT2D eigenvalue weighted by molar-refractivity contribution is 9.10. The van der Waals surface area contributed by atoms with E-state index in [0.29, 0.717) is 11.6 Å². The number of rotatable bonds is 4. The number of benzene rings is 2. The van der Waals surface area contributed by atoms with Crippen LogP contribution in [0.5, 0.6) is 0 Å². The molecule has 106 valence electrons. The van der Waals surface area contributed by atoms with Gasteiger partial charge in [-0.05, 0) is 41.8 Å². The van der Waals surface area contributed by atoms with E-state index in [1.807, 2.05) is 49.4 Å². The average Bonchev–Trinajstić information content (AvgIpc) is 2.44. The van der Waals surface area contributed by atoms with E-state index in [1.54, 1.807) is 0 Å². The number of aryl methyl sites for hydroxylation is 1. The van der Waals surface area contributed by atoms with Crippen LogP contribution in [0, 0.1) is 6.92 Å². The van der Waals surface area contributed by atoms with Crippen molar-refractivity contribution in [1.29, 1.82) is 0 Å². The van der Waals surface area contributed by atoms with Crippen LogP contribution in [-0.2, 0) is 0 Å². The zero-order chi connectivity index (χ0) is 14.7. The third-order valence-electron chi connectivity index (χ3n) is 3.47. The van der Waals surface area contributed by atoms with Gasteiger partial charge in [0.15, 0.2) is 0 Å². The molecule has 0 aromatic heterocycles. The molecule has 0 spiro atoms. The fraction of sp³-hybridized carbons (Fsp3) is 0.250. The second-order valence-corrected chi connectivity index (χ2v) is 6.17. The fourth-order valence-electron chi connectivity index (χ4n) is 2.18. The highest BCUT2D eigenvalue weighted by Crippen LogP contribution is 2.32. The normalized spacial score (nSPS) is 14.1. The first-order valence-corrected chi connectivity index (χ1v) is 7.59. The second kappa shape index (κ2) is 6.72. The highest BCUT2D eigenvalue weighted by atomic mass is 79.9. The molecule has 3 N–H and O–H groups in total. The summed E-state index contributed by atoms with van der Waals surface area (Å²) in [5.74, 6) is -0.151. The Kier molecular flexibility index (Phi) is 5.22. The summed E-state index contributed by atoms with van der Waals surface area (Å²) in [4.78, 5) is 0. The average molecular weight is 355 g/mol. The van der Waals surface area contributed by atoms with E-state index < -0.39 is 6.10 Å². The Morgan fingerprint density at radius 3 is 2.30 bits per heavy atom. The van der Waals surface area contributed by atoms with E-state index in [-0.39, 0.29) is 5.92 Å². The van der Waals surface area contributed by atoms with Crippen molar-refractivity contribution in [1.82, 2.24) is 0 Å². The van der Waals surface area contributed by atoms with Gasteiger partial charge in [0.25, 0.3) is 0 Å². The Balaban J connectivity index is 2.30. The van der Waals surface area contributed by atoms with Crippen LogP contribution in [0.15, 0.2) is 46.9 Å². The van der Waals surface area contributed by atoms with Crippen molar-refractivity contribution in [3.63, 3.8) is 0 Å². The molecule has 2 atom stereocenters. The molecule has 0 saturated heterocycles. The lowest BCUT2D eigenvalue weighted by atomic mass is 9.89. The molecule has 2 aromatic carbocycles. The van der Waals surface area contributed by atoms with Gasteiger partial charge in [-0.1, -0.05) is 51.8 Å². The number of hydrogen-bond acceptors (Lipinski definition) is 2. The molecule has 0 aliphatic heterocycles. The summed E-state index contributed by atoms with van der Waals surface area (Å²) < 4.78 is 1.00. The lowest BCUT2D eigenvalue weighted by Gasteiger charge is -2.23. The molecular formula is C16H17BrClNO. The van der Waals surface area contributed by atoms with Crippen LogP contribution in [0.2, 0.25) is 5.02 Å². The van der Waals surface area contributed by atoms with Crippen LogP contribution >= 0.6 is 27.5 Å². The molecule has 0 aliphatic rings. The van der Waals surface area contributed by atoms with Gasteiger partial charge in [0, 0.05) is 22.0 Å². The van der Waals surface area contributed by atoms with E-state index >= 15 is 0 Å². The molecule has 4 heteroatoms. The van der Waals surface area contributed by atoms with Gasteiger partial charge in [0.1, 0.15) is 0 Å². The lowest BCUT2D eigenvalue weighted by molar-refractivity contribution is 0.147. The highest BCUT2D eigenvalue weighted by Gasteiger charge is 2.21. The van der Waals surface area contributed by atoms with Crippen LogP contribution in [0.4, 0.5) is 0 Å². The maximum atomic E-state index is 10.6. The Labute approximate surface area is 132 Å². The molecule has 20 heavy (non-hydrogen) atoms. The number of halogens is 2. The van der Waals surface area contributed by atoms with Gasteiger partial charge in [0.2, 0.25) is 0 Å². The van der Waals surface area contributed by atoms with Crippen molar-refractivity contribution in [2.75, 3.05) is 6.54 Å². The molecule has 2 nitrogen and oxygen atoms in total. The molecule has 0 aliphatic carbocycles. The van der Waals surface area contributed by atoms with Crippen LogP contribution < -0.4 is 5.73 Å². The van der Waals surface area contributed by atoms with Gasteiger partial charge in [-0.25, -0.2) is 0 Å². The molecule has 2 unspecified atom stereocenters. The van der Waals surface area contributed by atoms with Crippen molar-refractivity contribution >= 4 is 27.5 Å². The Morgan fingerprint density at radius 2 is 1.75 bits per heavy atom. The van der Waals surface area contributed by atoms with Crippen molar-refractivity contribution in [3.8, 4) is 0 Å². The third-order valence-corrected chi connectivity index (χ3v) is 4.41. The van der Waals surface area contributed by atoms with Crippen molar-refractivity contribution < 1.29 is 5.11 Å². The zero-order valence-electron chi connectivity index (χ0n) is 11.2. The van der Waals surface area contributed by atoms with Crippen molar-refractivity contribution in [2.24, 2.45) is 5.73 Å². The van der Waals surface area contributed by atoms with E-state index in [1.165, 1.54) is 0 Å². The topological polar surface area (TPSA) is 46.2 Å². The van der Waals surface area contributed by atoms with Gasteiger partial charge in [-0.2, -0.15) is 0 Å². The van der Waals surface area contributed by atoms with E-state index in [2.05, 4.69) is 15.9 Å². The minimum atomic E-state index is -0.667. The van der Waals surface area contributed by atoms with E-state index in [4.69, 9.17) is 17.3 Å². The molecule has 0 heterocycles. The number of aliphatic hydroxyl groups excluding tert-OH is 1. The zero-order valence-corrected chi connectivity index (χ0v) is 13.5. The predicted octanol–water partition coefficient (Wildman–Crippen LogP) is 4.19. The number of aliphatic hydroxyl groups is 1. The third kappa shape index (κ3) is 3.41. The summed E-state index contributed by atoms with van der Waals surface area (Å²) in [6.45, 7) is 2.31. The molecule has 2 aromatic rings. The molecule has 0 radical (unpaired) electrons. The van der Waals surface area contributed by atoms with Crippen LogP contribution in [-0.4, -0.2) is 11.7 Å². The molecule has 0 saturated carbocycles. The van der Waals surface area contributed by atoms with Crippen molar-refractivity contribution in [2.45, 2.75) is 18.9 Å². The standard InChI is InChI=1S/C16H17BrClNO/c1-10-2-3-12(8-15(10)18)16(20)14(9-19)11-4-6-13(17)7-5-11/h2-8,14,16,20H,9,19H2,1H3. The summed E-state index contributed by atoms with van der Waals surface area (Å²) in [6, 6.07) is 13.5. The first-order valence-electron chi connectivity index (χ1n) is 6.42. The lowest BCUT2D eigenvalue weighted by Crippen LogP contribution is -2.20. The maximum Gasteiger partial charge on any atom is 0.0871 e. The molecular weight excluding hydrogens is 338 g/mol. The van der Waals surface area contributed by atoms with E-state index in [0.717, 1.165) is 21.2 Å². The van der Waals surface area contributed by atoms with Gasteiger partial charge >= 0.3 is 0 Å². The second-order valence-electron chi connectivity index (χ2n) is 4.85. The van der Waals surface area contributed by atoms with Crippen LogP contribution in [0.3, 0.4) is 0 Å². The smallest absolute Gasteiger partial charge is 0.0871 e. The molecule has 0 bridgehead atoms. The SMILES string of the molecule is Cc1ccc(C(O)C(CN)c2ccc(Br)cc2)cc1Cl. The fourth-order valence-corrected chi connectivity index (χ4v) is 2.64. The molecule has 0 fully saturated rings. The largest absolute Gasteiger partial charge is 0.388 e. The molecule has 0 amide bonds. The Bertz CT molecular complexity index is 586. The summed E-state index contributed by atoms with van der Waals surface area (Å²) in [5.41, 5.74) is 8.64. The quantitative estimate of drug-likeness (QED) is 0.865. The van der Waals surface area contributed by atoms with Gasteiger partial charge in [-0.15, -0.1) is 0 Å². The number of hydrogen-bond donors (Lipinski definition) is 2. The predicted molar refractivity (Wildman–Crippen MR) is 87.1 cm³/mol. The van der Waals surface area contributed by atoms with E-state index in [9.17, 15) is 5.11 Å². The monoisotopic (exact) mass is 353 g/mol. The molecule has 2 rings (SSSR count). The minimum absolute atomic E-state index is 0.151. The summed E-state index contributed by atoms with van der Waals surface area (Å²) in [6.07, 6.45) is -0.667. The first-order chi connectivity index (χ1) is 9.52. The number of nitrogens with two attached hydrogens (primary N) is 1. The summed E-state index contributed by atoms with van der Waals surface area (Å²) in [5, 5.41) is 11.2. The van der Waals surface area contributed by atoms with Crippen LogP contribution in [0.1, 0.15) is 28.7 Å². The van der Waals surface area contributed by atoms with Gasteiger partial charge in [0.05, 0.1) is 6.10 Å². The first kappa shape index (κ1) is 15.5. The maximum absolute atomic E-state index is 10.6. The van der Waals surface area contributed by atoms with Gasteiger partial charge < -0.3 is 10.8 Å².